The topological polar surface area (TPSA) is 161 Å². The van der Waals surface area contributed by atoms with Crippen LogP contribution in [0.2, 0.25) is 0 Å². The summed E-state index contributed by atoms with van der Waals surface area (Å²) in [6.07, 6.45) is 0. The van der Waals surface area contributed by atoms with Gasteiger partial charge in [0.15, 0.2) is 18.1 Å². The third kappa shape index (κ3) is 5.31. The number of aromatic amines is 1. The van der Waals surface area contributed by atoms with Gasteiger partial charge in [-0.1, -0.05) is 29.2 Å². The molecule has 3 heterocycles. The van der Waals surface area contributed by atoms with E-state index in [0.717, 1.165) is 28.0 Å². The fourth-order valence-corrected chi connectivity index (χ4v) is 7.74. The Morgan fingerprint density at radius 1 is 1.05 bits per heavy atom. The van der Waals surface area contributed by atoms with Crippen LogP contribution >= 0.6 is 23.1 Å². The van der Waals surface area contributed by atoms with Crippen LogP contribution in [0, 0.1) is 21.8 Å². The van der Waals surface area contributed by atoms with Crippen LogP contribution in [0.25, 0.3) is 0 Å². The van der Waals surface area contributed by atoms with Crippen LogP contribution < -0.4 is 24.6 Å². The molecule has 0 radical (unpaired) electrons. The molecule has 6 rings (SSSR count). The van der Waals surface area contributed by atoms with Gasteiger partial charge < -0.3 is 19.8 Å². The Hall–Kier alpha value is -5.02. The number of carbonyl (C=O) groups is 3. The molecular formula is C29H21FN4O8S2. The molecule has 3 unspecified atom stereocenters. The number of ether oxygens (including phenoxy) is 2. The van der Waals surface area contributed by atoms with Gasteiger partial charge in [-0.3, -0.25) is 29.3 Å². The molecule has 44 heavy (non-hydrogen) atoms. The Balaban J connectivity index is 1.29. The minimum Gasteiger partial charge on any atom is -0.493 e. The second-order valence-electron chi connectivity index (χ2n) is 9.79. The van der Waals surface area contributed by atoms with E-state index in [4.69, 9.17) is 9.47 Å². The molecule has 12 nitrogen and oxygen atoms in total. The van der Waals surface area contributed by atoms with Gasteiger partial charge in [0.05, 0.1) is 28.7 Å². The molecule has 2 aliphatic heterocycles. The highest BCUT2D eigenvalue weighted by Gasteiger charge is 2.56. The number of nitro benzene ring substituents is 1. The summed E-state index contributed by atoms with van der Waals surface area (Å²) in [5.41, 5.74) is 0.992. The highest BCUT2D eigenvalue weighted by molar-refractivity contribution is 8.00. The lowest BCUT2D eigenvalue weighted by atomic mass is 9.83. The van der Waals surface area contributed by atoms with Crippen LogP contribution in [0.4, 0.5) is 21.5 Å². The number of hydrogen-bond acceptors (Lipinski definition) is 10. The molecule has 1 saturated heterocycles. The van der Waals surface area contributed by atoms with Crippen molar-refractivity contribution in [3.8, 4) is 11.5 Å². The van der Waals surface area contributed by atoms with Gasteiger partial charge in [0, 0.05) is 28.6 Å². The van der Waals surface area contributed by atoms with E-state index in [2.05, 4.69) is 10.3 Å². The third-order valence-corrected chi connectivity index (χ3v) is 9.58. The smallest absolute Gasteiger partial charge is 0.305 e. The van der Waals surface area contributed by atoms with E-state index >= 15 is 0 Å². The van der Waals surface area contributed by atoms with Gasteiger partial charge in [-0.25, -0.2) is 9.29 Å². The summed E-state index contributed by atoms with van der Waals surface area (Å²) in [6.45, 7) is -0.376. The zero-order valence-corrected chi connectivity index (χ0v) is 24.3. The normalized spacial score (nSPS) is 18.9. The number of H-pyrrole nitrogens is 1. The molecule has 224 valence electrons. The number of nitrogens with one attached hydrogen (secondary N) is 2. The highest BCUT2D eigenvalue weighted by Crippen LogP contribution is 2.53. The van der Waals surface area contributed by atoms with Crippen molar-refractivity contribution in [2.24, 2.45) is 5.92 Å². The van der Waals surface area contributed by atoms with Gasteiger partial charge in [0.2, 0.25) is 11.8 Å². The molecule has 4 aromatic rings. The minimum absolute atomic E-state index is 0.181. The number of benzene rings is 3. The van der Waals surface area contributed by atoms with Crippen molar-refractivity contribution < 1.29 is 33.2 Å². The monoisotopic (exact) mass is 636 g/mol. The first-order chi connectivity index (χ1) is 21.1. The van der Waals surface area contributed by atoms with Crippen molar-refractivity contribution in [1.29, 1.82) is 0 Å². The van der Waals surface area contributed by atoms with Crippen molar-refractivity contribution in [3.63, 3.8) is 0 Å². The molecule has 2 N–H and O–H groups in total. The standard InChI is InChI=1S/C29H21FN4O8S2/c1-41-20-12-14(2-11-19(20)42-13-21(35)31-16-5-3-15(30)4-6-16)22-23-25(43-26-24(22)44-29(38)32-26)28(37)33(27(23)36)17-7-9-18(10-8-17)34(39)40/h2-12,22-23,25H,13H2,1H3,(H,31,35)(H,32,38). The molecule has 3 atom stereocenters. The molecule has 3 amide bonds. The van der Waals surface area contributed by atoms with Crippen LogP contribution in [-0.4, -0.2) is 46.6 Å². The van der Waals surface area contributed by atoms with E-state index in [1.807, 2.05) is 0 Å². The summed E-state index contributed by atoms with van der Waals surface area (Å²) >= 11 is 2.05. The zero-order valence-electron chi connectivity index (χ0n) is 22.6. The van der Waals surface area contributed by atoms with E-state index in [9.17, 15) is 33.7 Å². The molecule has 3 aromatic carbocycles. The van der Waals surface area contributed by atoms with E-state index < -0.39 is 45.5 Å². The first-order valence-electron chi connectivity index (χ1n) is 13.0. The number of rotatable bonds is 8. The number of anilines is 2. The summed E-state index contributed by atoms with van der Waals surface area (Å²) < 4.78 is 24.4. The molecule has 0 spiro atoms. The van der Waals surface area contributed by atoms with Crippen LogP contribution in [0.1, 0.15) is 16.4 Å². The summed E-state index contributed by atoms with van der Waals surface area (Å²) in [5, 5.41) is 13.3. The molecule has 2 aliphatic rings. The Bertz CT molecular complexity index is 1860. The maximum absolute atomic E-state index is 13.9. The largest absolute Gasteiger partial charge is 0.493 e. The van der Waals surface area contributed by atoms with E-state index in [0.29, 0.717) is 21.2 Å². The van der Waals surface area contributed by atoms with Gasteiger partial charge in [-0.2, -0.15) is 0 Å². The first kappa shape index (κ1) is 29.1. The number of carbonyl (C=O) groups excluding carboxylic acids is 3. The van der Waals surface area contributed by atoms with Crippen molar-refractivity contribution in [1.82, 2.24) is 4.98 Å². The second-order valence-corrected chi connectivity index (χ2v) is 12.0. The molecule has 0 aliphatic carbocycles. The fraction of sp³-hybridized carbons (Fsp3) is 0.172. The van der Waals surface area contributed by atoms with Gasteiger partial charge in [0.1, 0.15) is 11.1 Å². The number of methoxy groups -OCH3 is 1. The number of amides is 3. The number of imide groups is 1. The number of aromatic nitrogens is 1. The lowest BCUT2D eigenvalue weighted by Crippen LogP contribution is -2.32. The molecule has 0 saturated carbocycles. The van der Waals surface area contributed by atoms with Crippen LogP contribution in [0.15, 0.2) is 76.6 Å². The summed E-state index contributed by atoms with van der Waals surface area (Å²) in [5.74, 6) is -3.04. The van der Waals surface area contributed by atoms with E-state index in [1.54, 1.807) is 18.2 Å². The number of fused-ring (bicyclic) bond motifs is 2. The summed E-state index contributed by atoms with van der Waals surface area (Å²) in [6, 6.07) is 15.3. The number of thioether (sulfide) groups is 1. The third-order valence-electron chi connectivity index (χ3n) is 7.18. The Labute approximate surface area is 255 Å². The molecule has 15 heteroatoms. The Morgan fingerprint density at radius 3 is 2.45 bits per heavy atom. The molecule has 1 fully saturated rings. The van der Waals surface area contributed by atoms with E-state index in [-0.39, 0.29) is 34.4 Å². The van der Waals surface area contributed by atoms with Crippen molar-refractivity contribution in [3.05, 3.63) is 103 Å². The predicted molar refractivity (Wildman–Crippen MR) is 159 cm³/mol. The van der Waals surface area contributed by atoms with Gasteiger partial charge in [-0.15, -0.1) is 0 Å². The van der Waals surface area contributed by atoms with Crippen LogP contribution in [0.5, 0.6) is 11.5 Å². The number of halogens is 1. The Morgan fingerprint density at radius 2 is 1.77 bits per heavy atom. The average molecular weight is 637 g/mol. The van der Waals surface area contributed by atoms with Crippen molar-refractivity contribution >= 4 is 57.9 Å². The lowest BCUT2D eigenvalue weighted by Gasteiger charge is -2.30. The first-order valence-corrected chi connectivity index (χ1v) is 14.7. The number of hydrogen-bond donors (Lipinski definition) is 2. The quantitative estimate of drug-likeness (QED) is 0.163. The number of nitrogens with zero attached hydrogens (tertiary/aromatic N) is 2. The van der Waals surface area contributed by atoms with Crippen LogP contribution in [-0.2, 0) is 14.4 Å². The van der Waals surface area contributed by atoms with Crippen molar-refractivity contribution in [2.45, 2.75) is 16.2 Å². The van der Waals surface area contributed by atoms with Crippen LogP contribution in [0.3, 0.4) is 0 Å². The van der Waals surface area contributed by atoms with Gasteiger partial charge >= 0.3 is 4.87 Å². The molecule has 1 aromatic heterocycles. The maximum atomic E-state index is 13.9. The van der Waals surface area contributed by atoms with Crippen molar-refractivity contribution in [2.75, 3.05) is 23.9 Å². The highest BCUT2D eigenvalue weighted by atomic mass is 32.2. The number of thiazole rings is 1. The Kier molecular flexibility index (Phi) is 7.65. The molecule has 0 bridgehead atoms. The summed E-state index contributed by atoms with van der Waals surface area (Å²) in [7, 11) is 1.41. The molecular weight excluding hydrogens is 615 g/mol. The maximum Gasteiger partial charge on any atom is 0.305 e. The summed E-state index contributed by atoms with van der Waals surface area (Å²) in [4.78, 5) is 66.8. The minimum atomic E-state index is -0.889. The van der Waals surface area contributed by atoms with E-state index in [1.165, 1.54) is 55.6 Å². The lowest BCUT2D eigenvalue weighted by molar-refractivity contribution is -0.384. The van der Waals surface area contributed by atoms with Gasteiger partial charge in [-0.05, 0) is 54.1 Å². The second kappa shape index (κ2) is 11.6. The zero-order chi connectivity index (χ0) is 31.1. The number of non-ortho nitro benzene ring substituents is 1. The number of nitro groups is 1. The van der Waals surface area contributed by atoms with Gasteiger partial charge in [0.25, 0.3) is 11.6 Å². The predicted octanol–water partition coefficient (Wildman–Crippen LogP) is 4.31. The average Bonchev–Trinajstić information content (AvgIpc) is 3.51. The SMILES string of the molecule is COc1cc(C2c3sc(=O)[nH]c3SC3C(=O)N(c4ccc([N+](=O)[O-])cc4)C(=O)C32)ccc1OCC(=O)Nc1ccc(F)cc1. The fourth-order valence-electron chi connectivity index (χ4n) is 5.22.